The maximum absolute atomic E-state index is 11.3. The quantitative estimate of drug-likeness (QED) is 0.162. The molecule has 0 atom stereocenters. The van der Waals surface area contributed by atoms with E-state index >= 15 is 0 Å². The maximum atomic E-state index is 11.3. The van der Waals surface area contributed by atoms with Crippen LogP contribution in [0.2, 0.25) is 0 Å². The topological polar surface area (TPSA) is 64.1 Å². The Balaban J connectivity index is 0.00000422. The number of rotatable bonds is 7. The van der Waals surface area contributed by atoms with Crippen molar-refractivity contribution < 1.29 is 30.6 Å². The summed E-state index contributed by atoms with van der Waals surface area (Å²) in [5.41, 5.74) is 12.3. The zero-order chi connectivity index (χ0) is 37.8. The molecule has 0 amide bonds. The number of hydrogen-bond donors (Lipinski definition) is 1. The Morgan fingerprint density at radius 2 is 1.28 bits per heavy atom. The van der Waals surface area contributed by atoms with Crippen molar-refractivity contribution in [1.29, 1.82) is 0 Å². The van der Waals surface area contributed by atoms with Gasteiger partial charge in [0, 0.05) is 54.7 Å². The normalized spacial score (nSPS) is 11.6. The molecule has 10 rings (SSSR count). The molecule has 3 aromatic heterocycles. The number of pyridine rings is 1. The maximum Gasteiger partial charge on any atom is 0.148 e. The summed E-state index contributed by atoms with van der Waals surface area (Å²) in [6.45, 7) is 4.51. The average molecular weight is 918 g/mol. The largest absolute Gasteiger partial charge is 0.507 e. The van der Waals surface area contributed by atoms with Crippen LogP contribution in [-0.2, 0) is 26.5 Å². The molecule has 6 heteroatoms. The molecule has 0 saturated carbocycles. The van der Waals surface area contributed by atoms with E-state index in [0.29, 0.717) is 11.4 Å². The fourth-order valence-corrected chi connectivity index (χ4v) is 8.00. The molecule has 0 aliphatic rings. The number of imidazole rings is 1. The molecule has 7 aromatic carbocycles. The van der Waals surface area contributed by atoms with Crippen LogP contribution in [0.1, 0.15) is 25.0 Å². The van der Waals surface area contributed by atoms with Gasteiger partial charge in [0.2, 0.25) is 0 Å². The van der Waals surface area contributed by atoms with E-state index in [-0.39, 0.29) is 32.2 Å². The minimum absolute atomic E-state index is 0. The molecule has 3 heterocycles. The Kier molecular flexibility index (Phi) is 9.19. The van der Waals surface area contributed by atoms with Crippen molar-refractivity contribution in [1.82, 2.24) is 14.5 Å². The first kappa shape index (κ1) is 36.1. The van der Waals surface area contributed by atoms with Crippen LogP contribution in [0.3, 0.4) is 0 Å². The van der Waals surface area contributed by atoms with Gasteiger partial charge in [-0.3, -0.25) is 9.55 Å². The second-order valence-electron chi connectivity index (χ2n) is 14.7. The van der Waals surface area contributed by atoms with Crippen molar-refractivity contribution in [2.75, 3.05) is 0 Å². The Bertz CT molecular complexity index is 3070. The van der Waals surface area contributed by atoms with Crippen LogP contribution in [0.4, 0.5) is 0 Å². The number of fused-ring (bicyclic) bond motifs is 4. The number of nitrogens with zero attached hydrogens (tertiary/aromatic N) is 3. The van der Waals surface area contributed by atoms with Gasteiger partial charge in [0.1, 0.15) is 22.7 Å². The number of aromatic nitrogens is 3. The number of phenols is 1. The van der Waals surface area contributed by atoms with Gasteiger partial charge in [-0.15, -0.1) is 29.3 Å². The summed E-state index contributed by atoms with van der Waals surface area (Å²) in [6.07, 6.45) is 1.85. The minimum atomic E-state index is -0.371. The first-order valence-corrected chi connectivity index (χ1v) is 18.8. The predicted molar refractivity (Wildman–Crippen MR) is 227 cm³/mol. The van der Waals surface area contributed by atoms with Gasteiger partial charge >= 0.3 is 0 Å². The van der Waals surface area contributed by atoms with Gasteiger partial charge in [0.05, 0.1) is 22.3 Å². The van der Waals surface area contributed by atoms with Gasteiger partial charge in [0.15, 0.2) is 0 Å². The summed E-state index contributed by atoms with van der Waals surface area (Å²) < 4.78 is 8.69. The molecule has 0 fully saturated rings. The van der Waals surface area contributed by atoms with Crippen molar-refractivity contribution in [3.05, 3.63) is 193 Å². The van der Waals surface area contributed by atoms with Crippen LogP contribution in [0, 0.1) is 6.07 Å². The van der Waals surface area contributed by atoms with E-state index in [0.717, 1.165) is 77.7 Å². The first-order valence-electron chi connectivity index (χ1n) is 18.8. The molecule has 1 N–H and O–H groups in total. The van der Waals surface area contributed by atoms with Crippen LogP contribution in [-0.4, -0.2) is 19.6 Å². The molecule has 0 bridgehead atoms. The van der Waals surface area contributed by atoms with E-state index in [1.165, 1.54) is 5.56 Å². The average Bonchev–Trinajstić information content (AvgIpc) is 3.83. The van der Waals surface area contributed by atoms with E-state index in [9.17, 15) is 5.11 Å². The van der Waals surface area contributed by atoms with Crippen molar-refractivity contribution in [3.8, 4) is 56.3 Å². The smallest absolute Gasteiger partial charge is 0.148 e. The number of furan rings is 1. The molecule has 0 aliphatic heterocycles. The fraction of sp³-hybridized carbons (Fsp3) is 0.0588. The Labute approximate surface area is 345 Å². The van der Waals surface area contributed by atoms with E-state index in [2.05, 4.69) is 134 Å². The summed E-state index contributed by atoms with van der Waals surface area (Å²) in [5, 5.41) is 13.4. The monoisotopic (exact) mass is 917 g/mol. The SMILES string of the molecule is CC(C)(c1ccccc1)c1cc(-c2cccc3c2nc(-c2ccccc2O)n3-c2ccccc2-c2ccccc2)[c-]c(-c2nccc3c2oc2ccccc23)c1.[Pt]. The van der Waals surface area contributed by atoms with Gasteiger partial charge in [-0.1, -0.05) is 146 Å². The predicted octanol–water partition coefficient (Wildman–Crippen LogP) is 12.8. The fourth-order valence-electron chi connectivity index (χ4n) is 8.00. The molecular formula is C51H36N3O2Pt-. The van der Waals surface area contributed by atoms with Crippen LogP contribution < -0.4 is 0 Å². The van der Waals surface area contributed by atoms with Crippen LogP contribution in [0.5, 0.6) is 5.75 Å². The second kappa shape index (κ2) is 14.5. The van der Waals surface area contributed by atoms with E-state index in [1.807, 2.05) is 60.8 Å². The zero-order valence-electron chi connectivity index (χ0n) is 31.3. The molecule has 0 unspecified atom stereocenters. The van der Waals surface area contributed by atoms with Gasteiger partial charge in [0.25, 0.3) is 0 Å². The van der Waals surface area contributed by atoms with Crippen LogP contribution in [0.15, 0.2) is 180 Å². The van der Waals surface area contributed by atoms with Gasteiger partial charge in [-0.05, 0) is 47.5 Å². The number of benzene rings is 7. The molecule has 5 nitrogen and oxygen atoms in total. The van der Waals surface area contributed by atoms with Gasteiger partial charge in [-0.2, -0.15) is 0 Å². The molecule has 0 saturated heterocycles. The van der Waals surface area contributed by atoms with Crippen molar-refractivity contribution in [2.24, 2.45) is 0 Å². The number of phenolic OH excluding ortho intramolecular Hbond substituents is 1. The zero-order valence-corrected chi connectivity index (χ0v) is 33.5. The van der Waals surface area contributed by atoms with E-state index in [4.69, 9.17) is 14.4 Å². The van der Waals surface area contributed by atoms with Crippen molar-refractivity contribution in [2.45, 2.75) is 19.3 Å². The van der Waals surface area contributed by atoms with Crippen molar-refractivity contribution in [3.63, 3.8) is 0 Å². The molecule has 0 radical (unpaired) electrons. The molecule has 10 aromatic rings. The third-order valence-corrected chi connectivity index (χ3v) is 11.0. The standard InChI is InChI=1S/C51H36N3O2.Pt/c1-51(2,36-18-7-4-8-19-36)37-31-34(30-35(32-37)47-49-41(28-29-52-47)40-21-11-14-27-46(40)56-49)39-23-15-25-44-48(39)53-50(42-22-10-13-26-45(42)55)54(44)43-24-12-9-20-38(43)33-16-5-3-6-17-33;/h3-29,31-32,55H,1-2H3;/q-1;. The molecule has 0 aliphatic carbocycles. The number of aromatic hydroxyl groups is 1. The minimum Gasteiger partial charge on any atom is -0.507 e. The van der Waals surface area contributed by atoms with Crippen molar-refractivity contribution >= 4 is 33.0 Å². The Hall–Kier alpha value is -6.55. The van der Waals surface area contributed by atoms with Crippen LogP contribution in [0.25, 0.3) is 83.6 Å². The van der Waals surface area contributed by atoms with E-state index < -0.39 is 0 Å². The Morgan fingerprint density at radius 3 is 2.09 bits per heavy atom. The van der Waals surface area contributed by atoms with Gasteiger partial charge in [-0.25, -0.2) is 4.98 Å². The molecule has 278 valence electrons. The molecule has 57 heavy (non-hydrogen) atoms. The second-order valence-corrected chi connectivity index (χ2v) is 14.7. The summed E-state index contributed by atoms with van der Waals surface area (Å²) in [4.78, 5) is 10.3. The van der Waals surface area contributed by atoms with Crippen LogP contribution >= 0.6 is 0 Å². The molecule has 0 spiro atoms. The number of hydrogen-bond acceptors (Lipinski definition) is 4. The summed E-state index contributed by atoms with van der Waals surface area (Å²) in [7, 11) is 0. The number of para-hydroxylation sites is 4. The third kappa shape index (κ3) is 6.16. The van der Waals surface area contributed by atoms with Gasteiger partial charge < -0.3 is 9.52 Å². The molecular weight excluding hydrogens is 882 g/mol. The summed E-state index contributed by atoms with van der Waals surface area (Å²) >= 11 is 0. The first-order chi connectivity index (χ1) is 27.5. The third-order valence-electron chi connectivity index (χ3n) is 11.0. The van der Waals surface area contributed by atoms with E-state index in [1.54, 1.807) is 6.07 Å². The summed E-state index contributed by atoms with van der Waals surface area (Å²) in [5.74, 6) is 0.803. The summed E-state index contributed by atoms with van der Waals surface area (Å²) in [6, 6.07) is 61.4. The Morgan fingerprint density at radius 1 is 0.614 bits per heavy atom.